The monoisotopic (exact) mass is 201 g/mol. The second kappa shape index (κ2) is 11.6. The van der Waals surface area contributed by atoms with Crippen LogP contribution in [0.15, 0.2) is 0 Å². The van der Waals surface area contributed by atoms with Crippen LogP contribution in [0.2, 0.25) is 0 Å². The minimum Gasteiger partial charge on any atom is -0.352 e. The van der Waals surface area contributed by atoms with Gasteiger partial charge in [-0.1, -0.05) is 45.4 Å². The molecule has 0 aromatic carbocycles. The molecule has 0 aliphatic rings. The third kappa shape index (κ3) is 11.6. The van der Waals surface area contributed by atoms with Crippen LogP contribution in [0.5, 0.6) is 0 Å². The molecule has 0 aromatic heterocycles. The van der Waals surface area contributed by atoms with E-state index in [2.05, 4.69) is 11.1 Å². The van der Waals surface area contributed by atoms with Gasteiger partial charge in [0.1, 0.15) is 0 Å². The van der Waals surface area contributed by atoms with Crippen molar-refractivity contribution in [3.63, 3.8) is 0 Å². The van der Waals surface area contributed by atoms with Crippen molar-refractivity contribution in [2.75, 3.05) is 5.75 Å². The molecule has 0 aliphatic heterocycles. The molecule has 2 nitrogen and oxygen atoms in total. The number of nitrogens with zero attached hydrogens (tertiary/aromatic N) is 1. The minimum absolute atomic E-state index is 0.946. The van der Waals surface area contributed by atoms with Gasteiger partial charge in [-0.2, -0.15) is 0 Å². The first-order valence-electron chi connectivity index (χ1n) is 5.09. The summed E-state index contributed by atoms with van der Waals surface area (Å²) >= 11 is 1.26. The van der Waals surface area contributed by atoms with E-state index in [0.717, 1.165) is 5.75 Å². The van der Waals surface area contributed by atoms with Crippen molar-refractivity contribution in [2.45, 2.75) is 51.9 Å². The van der Waals surface area contributed by atoms with E-state index in [0.29, 0.717) is 0 Å². The zero-order chi connectivity index (χ0) is 9.78. The van der Waals surface area contributed by atoms with Gasteiger partial charge in [0.15, 0.2) is 0 Å². The van der Waals surface area contributed by atoms with Gasteiger partial charge in [0.2, 0.25) is 0 Å². The van der Waals surface area contributed by atoms with E-state index in [1.807, 2.05) is 0 Å². The van der Waals surface area contributed by atoms with Gasteiger partial charge in [-0.05, 0) is 6.42 Å². The molecule has 0 spiro atoms. The molecule has 76 valence electrons. The van der Waals surface area contributed by atoms with Crippen LogP contribution in [0.4, 0.5) is 0 Å². The van der Waals surface area contributed by atoms with Crippen LogP contribution in [-0.2, 0) is 4.18 Å². The van der Waals surface area contributed by atoms with E-state index in [1.165, 1.54) is 57.0 Å². The lowest BCUT2D eigenvalue weighted by Crippen LogP contribution is -1.82. The lowest BCUT2D eigenvalue weighted by atomic mass is 10.1. The Kier molecular flexibility index (Phi) is 11.3. The normalized spacial score (nSPS) is 9.54. The summed E-state index contributed by atoms with van der Waals surface area (Å²) < 4.78 is 4.50. The van der Waals surface area contributed by atoms with Crippen LogP contribution < -0.4 is 0 Å². The standard InChI is InChI=1S/C10H19NOS/c1-2-3-4-5-6-7-8-9-13-12-10-11/h2-9H2,1H3. The molecule has 0 aliphatic carbocycles. The zero-order valence-corrected chi connectivity index (χ0v) is 9.24. The summed E-state index contributed by atoms with van der Waals surface area (Å²) in [4.78, 5) is 0. The Morgan fingerprint density at radius 3 is 2.31 bits per heavy atom. The Balaban J connectivity index is 2.80. The molecule has 0 bridgehead atoms. The molecule has 13 heavy (non-hydrogen) atoms. The largest absolute Gasteiger partial charge is 0.352 e. The lowest BCUT2D eigenvalue weighted by molar-refractivity contribution is 0.582. The van der Waals surface area contributed by atoms with Gasteiger partial charge in [-0.25, -0.2) is 0 Å². The summed E-state index contributed by atoms with van der Waals surface area (Å²) in [6.07, 6.45) is 10.8. The highest BCUT2D eigenvalue weighted by Gasteiger charge is 1.91. The summed E-state index contributed by atoms with van der Waals surface area (Å²) in [5.41, 5.74) is 0. The topological polar surface area (TPSA) is 33.0 Å². The van der Waals surface area contributed by atoms with E-state index in [-0.39, 0.29) is 0 Å². The number of hydrogen-bond acceptors (Lipinski definition) is 3. The van der Waals surface area contributed by atoms with Gasteiger partial charge in [-0.15, -0.1) is 5.26 Å². The van der Waals surface area contributed by atoms with Crippen LogP contribution in [0.25, 0.3) is 0 Å². The molecule has 0 saturated carbocycles. The summed E-state index contributed by atoms with van der Waals surface area (Å²) in [5, 5.41) is 8.07. The van der Waals surface area contributed by atoms with Crippen LogP contribution in [-0.4, -0.2) is 5.75 Å². The SMILES string of the molecule is CCCCCCCCCSOC#N. The molecule has 0 amide bonds. The molecule has 0 rings (SSSR count). The highest BCUT2D eigenvalue weighted by molar-refractivity contribution is 7.94. The second-order valence-corrected chi connectivity index (χ2v) is 3.93. The van der Waals surface area contributed by atoms with Gasteiger partial charge in [0, 0.05) is 5.75 Å². The first-order chi connectivity index (χ1) is 6.41. The van der Waals surface area contributed by atoms with Crippen LogP contribution in [0.3, 0.4) is 0 Å². The fraction of sp³-hybridized carbons (Fsp3) is 0.900. The average Bonchev–Trinajstić information content (AvgIpc) is 2.16. The molecule has 0 heterocycles. The van der Waals surface area contributed by atoms with Crippen molar-refractivity contribution in [1.82, 2.24) is 0 Å². The van der Waals surface area contributed by atoms with E-state index in [4.69, 9.17) is 5.26 Å². The predicted octanol–water partition coefficient (Wildman–Crippen LogP) is 3.88. The number of unbranched alkanes of at least 4 members (excludes halogenated alkanes) is 6. The molecular formula is C10H19NOS. The maximum absolute atomic E-state index is 8.07. The fourth-order valence-corrected chi connectivity index (χ4v) is 1.64. The maximum Gasteiger partial charge on any atom is 0.299 e. The summed E-state index contributed by atoms with van der Waals surface area (Å²) in [6, 6.07) is 0. The molecule has 0 atom stereocenters. The van der Waals surface area contributed by atoms with E-state index in [1.54, 1.807) is 6.26 Å². The Labute approximate surface area is 85.9 Å². The Morgan fingerprint density at radius 2 is 1.69 bits per heavy atom. The third-order valence-corrected chi connectivity index (χ3v) is 2.58. The van der Waals surface area contributed by atoms with Crippen LogP contribution >= 0.6 is 12.0 Å². The predicted molar refractivity (Wildman–Crippen MR) is 57.1 cm³/mol. The van der Waals surface area contributed by atoms with E-state index >= 15 is 0 Å². The Hall–Kier alpha value is -0.360. The molecule has 3 heteroatoms. The highest BCUT2D eigenvalue weighted by Crippen LogP contribution is 2.10. The maximum atomic E-state index is 8.07. The number of hydrogen-bond donors (Lipinski definition) is 0. The summed E-state index contributed by atoms with van der Waals surface area (Å²) in [5.74, 6) is 0.946. The van der Waals surface area contributed by atoms with E-state index in [9.17, 15) is 0 Å². The van der Waals surface area contributed by atoms with Crippen molar-refractivity contribution in [3.05, 3.63) is 0 Å². The number of rotatable bonds is 9. The quantitative estimate of drug-likeness (QED) is 0.322. The highest BCUT2D eigenvalue weighted by atomic mass is 32.2. The number of nitriles is 1. The molecule has 0 fully saturated rings. The van der Waals surface area contributed by atoms with Crippen LogP contribution in [0.1, 0.15) is 51.9 Å². The molecule has 0 aromatic rings. The van der Waals surface area contributed by atoms with Gasteiger partial charge in [0.05, 0.1) is 12.0 Å². The Morgan fingerprint density at radius 1 is 1.08 bits per heavy atom. The molecule has 0 unspecified atom stereocenters. The van der Waals surface area contributed by atoms with Crippen molar-refractivity contribution in [2.24, 2.45) is 0 Å². The third-order valence-electron chi connectivity index (χ3n) is 1.93. The van der Waals surface area contributed by atoms with Gasteiger partial charge in [0.25, 0.3) is 6.26 Å². The van der Waals surface area contributed by atoms with Crippen LogP contribution in [0, 0.1) is 11.5 Å². The summed E-state index contributed by atoms with van der Waals surface area (Å²) in [6.45, 7) is 2.23. The lowest BCUT2D eigenvalue weighted by Gasteiger charge is -1.99. The average molecular weight is 201 g/mol. The molecular weight excluding hydrogens is 182 g/mol. The van der Waals surface area contributed by atoms with Gasteiger partial charge < -0.3 is 4.18 Å². The second-order valence-electron chi connectivity index (χ2n) is 3.12. The first kappa shape index (κ1) is 12.6. The van der Waals surface area contributed by atoms with Crippen molar-refractivity contribution >= 4 is 12.0 Å². The van der Waals surface area contributed by atoms with Crippen molar-refractivity contribution < 1.29 is 4.18 Å². The first-order valence-corrected chi connectivity index (χ1v) is 6.00. The smallest absolute Gasteiger partial charge is 0.299 e. The Bertz CT molecular complexity index is 133. The van der Waals surface area contributed by atoms with Gasteiger partial charge in [-0.3, -0.25) is 0 Å². The molecule has 0 saturated heterocycles. The fourth-order valence-electron chi connectivity index (χ4n) is 1.19. The summed E-state index contributed by atoms with van der Waals surface area (Å²) in [7, 11) is 0. The molecule has 0 N–H and O–H groups in total. The van der Waals surface area contributed by atoms with Gasteiger partial charge >= 0.3 is 0 Å². The molecule has 0 radical (unpaired) electrons. The van der Waals surface area contributed by atoms with Crippen molar-refractivity contribution in [3.8, 4) is 6.26 Å². The zero-order valence-electron chi connectivity index (χ0n) is 8.42. The minimum atomic E-state index is 0.946. The van der Waals surface area contributed by atoms with Crippen molar-refractivity contribution in [1.29, 1.82) is 5.26 Å². The van der Waals surface area contributed by atoms with E-state index < -0.39 is 0 Å².